The fourth-order valence-corrected chi connectivity index (χ4v) is 3.15. The van der Waals surface area contributed by atoms with Crippen molar-refractivity contribution >= 4 is 28.9 Å². The first kappa shape index (κ1) is 19.5. The molecule has 3 aromatic carbocycles. The summed E-state index contributed by atoms with van der Waals surface area (Å²) in [5.41, 5.74) is 2.41. The maximum Gasteiger partial charge on any atom is 0.279 e. The molecule has 0 bridgehead atoms. The van der Waals surface area contributed by atoms with E-state index in [1.54, 1.807) is 0 Å². The molecular weight excluding hydrogens is 378 g/mol. The lowest BCUT2D eigenvalue weighted by atomic mass is 9.99. The van der Waals surface area contributed by atoms with Crippen LogP contribution in [0.3, 0.4) is 0 Å². The number of nitro benzene ring substituents is 1. The molecule has 0 aliphatic heterocycles. The number of nitrogens with zero attached hydrogens (tertiary/aromatic N) is 1. The van der Waals surface area contributed by atoms with Gasteiger partial charge in [-0.3, -0.25) is 14.9 Å². The Kier molecular flexibility index (Phi) is 6.37. The molecule has 0 atom stereocenters. The molecule has 0 radical (unpaired) electrons. The molecule has 142 valence electrons. The van der Waals surface area contributed by atoms with E-state index in [0.29, 0.717) is 5.69 Å². The number of nitrogens with two attached hydrogens (primary N) is 1. The summed E-state index contributed by atoms with van der Waals surface area (Å²) in [7, 11) is 0. The molecule has 0 spiro atoms. The first-order valence-electron chi connectivity index (χ1n) is 8.71. The largest absolute Gasteiger partial charge is 0.328 e. The van der Waals surface area contributed by atoms with Crippen molar-refractivity contribution in [3.05, 3.63) is 105 Å². The van der Waals surface area contributed by atoms with Gasteiger partial charge in [-0.1, -0.05) is 72.3 Å². The lowest BCUT2D eigenvalue weighted by molar-refractivity contribution is -0.676. The Morgan fingerprint density at radius 3 is 2.07 bits per heavy atom. The van der Waals surface area contributed by atoms with E-state index in [9.17, 15) is 14.9 Å². The average molecular weight is 397 g/mol. The van der Waals surface area contributed by atoms with E-state index < -0.39 is 4.92 Å². The van der Waals surface area contributed by atoms with E-state index in [2.05, 4.69) is 5.32 Å². The maximum absolute atomic E-state index is 12.4. The van der Waals surface area contributed by atoms with Gasteiger partial charge in [0.2, 0.25) is 0 Å². The molecule has 3 N–H and O–H groups in total. The van der Waals surface area contributed by atoms with Crippen LogP contribution in [0.15, 0.2) is 78.9 Å². The SMILES string of the molecule is O=C(C[NH2+]C(c1ccccc1)c1ccccc1)Nc1ccc([N+](=O)[O-])cc1Cl. The molecule has 0 heterocycles. The van der Waals surface area contributed by atoms with Crippen molar-refractivity contribution in [2.45, 2.75) is 6.04 Å². The molecule has 6 nitrogen and oxygen atoms in total. The average Bonchev–Trinajstić information content (AvgIpc) is 2.71. The number of benzene rings is 3. The Morgan fingerprint density at radius 2 is 1.57 bits per heavy atom. The number of anilines is 1. The van der Waals surface area contributed by atoms with Gasteiger partial charge in [0.25, 0.3) is 11.6 Å². The van der Waals surface area contributed by atoms with Crippen molar-refractivity contribution in [1.29, 1.82) is 0 Å². The van der Waals surface area contributed by atoms with Crippen LogP contribution in [0.5, 0.6) is 0 Å². The number of hydrogen-bond acceptors (Lipinski definition) is 3. The summed E-state index contributed by atoms with van der Waals surface area (Å²) < 4.78 is 0. The molecule has 7 heteroatoms. The van der Waals surface area contributed by atoms with Crippen molar-refractivity contribution in [2.24, 2.45) is 0 Å². The summed E-state index contributed by atoms with van der Waals surface area (Å²) in [6.45, 7) is 0.168. The molecule has 0 fully saturated rings. The normalized spacial score (nSPS) is 10.6. The Hall–Kier alpha value is -3.22. The van der Waals surface area contributed by atoms with Gasteiger partial charge in [0, 0.05) is 23.3 Å². The maximum atomic E-state index is 12.4. The van der Waals surface area contributed by atoms with Crippen LogP contribution in [-0.2, 0) is 4.79 Å². The van der Waals surface area contributed by atoms with E-state index in [1.165, 1.54) is 18.2 Å². The molecule has 28 heavy (non-hydrogen) atoms. The van der Waals surface area contributed by atoms with Crippen LogP contribution < -0.4 is 10.6 Å². The zero-order chi connectivity index (χ0) is 19.9. The van der Waals surface area contributed by atoms with Crippen LogP contribution in [0.2, 0.25) is 5.02 Å². The van der Waals surface area contributed by atoms with E-state index in [4.69, 9.17) is 11.6 Å². The minimum absolute atomic E-state index is 0.0273. The number of hydrogen-bond donors (Lipinski definition) is 2. The smallest absolute Gasteiger partial charge is 0.279 e. The number of non-ortho nitro benzene ring substituents is 1. The van der Waals surface area contributed by atoms with Gasteiger partial charge in [0.1, 0.15) is 6.04 Å². The summed E-state index contributed by atoms with van der Waals surface area (Å²) in [5, 5.41) is 15.6. The third-order valence-corrected chi connectivity index (χ3v) is 4.61. The second-order valence-corrected chi connectivity index (χ2v) is 6.62. The fourth-order valence-electron chi connectivity index (χ4n) is 2.93. The molecule has 0 aliphatic carbocycles. The van der Waals surface area contributed by atoms with Crippen molar-refractivity contribution < 1.29 is 15.0 Å². The minimum Gasteiger partial charge on any atom is -0.328 e. The van der Waals surface area contributed by atoms with Crippen molar-refractivity contribution in [3.63, 3.8) is 0 Å². The summed E-state index contributed by atoms with van der Waals surface area (Å²) >= 11 is 6.04. The molecule has 0 aliphatic rings. The second kappa shape index (κ2) is 9.12. The topological polar surface area (TPSA) is 88.8 Å². The van der Waals surface area contributed by atoms with Gasteiger partial charge in [-0.15, -0.1) is 0 Å². The molecule has 3 aromatic rings. The molecule has 0 saturated heterocycles. The third-order valence-electron chi connectivity index (χ3n) is 4.29. The fraction of sp³-hybridized carbons (Fsp3) is 0.0952. The van der Waals surface area contributed by atoms with Crippen LogP contribution in [-0.4, -0.2) is 17.4 Å². The van der Waals surface area contributed by atoms with Gasteiger partial charge in [-0.25, -0.2) is 0 Å². The second-order valence-electron chi connectivity index (χ2n) is 6.21. The molecular formula is C21H19ClN3O3+. The van der Waals surface area contributed by atoms with Crippen LogP contribution in [0.4, 0.5) is 11.4 Å². The molecule has 0 saturated carbocycles. The summed E-state index contributed by atoms with van der Waals surface area (Å²) in [4.78, 5) is 22.7. The molecule has 0 aromatic heterocycles. The molecule has 3 rings (SSSR count). The van der Waals surface area contributed by atoms with E-state index in [-0.39, 0.29) is 29.2 Å². The predicted molar refractivity (Wildman–Crippen MR) is 108 cm³/mol. The van der Waals surface area contributed by atoms with Gasteiger partial charge in [0.15, 0.2) is 6.54 Å². The van der Waals surface area contributed by atoms with Gasteiger partial charge < -0.3 is 10.6 Å². The van der Waals surface area contributed by atoms with Gasteiger partial charge in [-0.2, -0.15) is 0 Å². The number of nitrogens with one attached hydrogen (secondary N) is 1. The summed E-state index contributed by atoms with van der Waals surface area (Å²) in [6, 6.07) is 23.8. The Balaban J connectivity index is 1.70. The van der Waals surface area contributed by atoms with E-state index in [1.807, 2.05) is 66.0 Å². The van der Waals surface area contributed by atoms with E-state index >= 15 is 0 Å². The number of carbonyl (C=O) groups is 1. The first-order valence-corrected chi connectivity index (χ1v) is 9.09. The quantitative estimate of drug-likeness (QED) is 0.473. The van der Waals surface area contributed by atoms with Crippen LogP contribution in [0.25, 0.3) is 0 Å². The third kappa shape index (κ3) is 4.94. The zero-order valence-corrected chi connectivity index (χ0v) is 15.7. The highest BCUT2D eigenvalue weighted by atomic mass is 35.5. The van der Waals surface area contributed by atoms with Gasteiger partial charge in [-0.05, 0) is 6.07 Å². The number of quaternary nitrogens is 1. The molecule has 0 unspecified atom stereocenters. The minimum atomic E-state index is -0.532. The van der Waals surface area contributed by atoms with Gasteiger partial charge in [0.05, 0.1) is 15.6 Å². The summed E-state index contributed by atoms with van der Waals surface area (Å²) in [6.07, 6.45) is 0. The zero-order valence-electron chi connectivity index (χ0n) is 14.9. The number of carbonyl (C=O) groups excluding carboxylic acids is 1. The van der Waals surface area contributed by atoms with Crippen LogP contribution >= 0.6 is 11.6 Å². The van der Waals surface area contributed by atoms with E-state index in [0.717, 1.165) is 11.1 Å². The highest BCUT2D eigenvalue weighted by Gasteiger charge is 2.19. The number of rotatable bonds is 7. The highest BCUT2D eigenvalue weighted by Crippen LogP contribution is 2.26. The number of amides is 1. The Labute approximate surface area is 167 Å². The van der Waals surface area contributed by atoms with Crippen molar-refractivity contribution in [2.75, 3.05) is 11.9 Å². The Bertz CT molecular complexity index is 926. The van der Waals surface area contributed by atoms with Gasteiger partial charge >= 0.3 is 0 Å². The van der Waals surface area contributed by atoms with Crippen LogP contribution in [0.1, 0.15) is 17.2 Å². The molecule has 1 amide bonds. The van der Waals surface area contributed by atoms with Crippen molar-refractivity contribution in [3.8, 4) is 0 Å². The number of halogens is 1. The predicted octanol–water partition coefficient (Wildman–Crippen LogP) is 3.54. The highest BCUT2D eigenvalue weighted by molar-refractivity contribution is 6.33. The Morgan fingerprint density at radius 1 is 1.00 bits per heavy atom. The lowest BCUT2D eigenvalue weighted by Crippen LogP contribution is -2.87. The standard InChI is InChI=1S/C21H18ClN3O3/c22-18-13-17(25(27)28)11-12-19(18)24-20(26)14-23-21(15-7-3-1-4-8-15)16-9-5-2-6-10-16/h1-13,21,23H,14H2,(H,24,26)/p+1. The monoisotopic (exact) mass is 396 g/mol. The first-order chi connectivity index (χ1) is 13.5. The van der Waals surface area contributed by atoms with Crippen molar-refractivity contribution in [1.82, 2.24) is 0 Å². The number of nitro groups is 1. The summed E-state index contributed by atoms with van der Waals surface area (Å²) in [5.74, 6) is -0.243. The lowest BCUT2D eigenvalue weighted by Gasteiger charge is -2.16. The van der Waals surface area contributed by atoms with Crippen LogP contribution in [0, 0.1) is 10.1 Å².